The van der Waals surface area contributed by atoms with Crippen molar-refractivity contribution in [3.05, 3.63) is 47.7 Å². The van der Waals surface area contributed by atoms with Gasteiger partial charge < -0.3 is 10.6 Å². The highest BCUT2D eigenvalue weighted by Gasteiger charge is 2.14. The van der Waals surface area contributed by atoms with Crippen LogP contribution < -0.4 is 10.6 Å². The number of anilines is 3. The SMILES string of the molecule is CCCC(=O)Nc1ccc(Nc2c(C(C)C)cccc2C(C)C)nc1. The standard InChI is InChI=1S/C21H29N3O/c1-6-8-20(25)23-16-11-12-19(22-13-16)24-21-17(14(2)3)9-7-10-18(21)15(4)5/h7,9-15H,6,8H2,1-5H3,(H,22,24)(H,23,25). The first-order chi connectivity index (χ1) is 11.9. The van der Waals surface area contributed by atoms with Crippen LogP contribution >= 0.6 is 0 Å². The van der Waals surface area contributed by atoms with Gasteiger partial charge >= 0.3 is 0 Å². The lowest BCUT2D eigenvalue weighted by atomic mass is 9.92. The number of nitrogens with zero attached hydrogens (tertiary/aromatic N) is 1. The van der Waals surface area contributed by atoms with Gasteiger partial charge in [-0.15, -0.1) is 0 Å². The van der Waals surface area contributed by atoms with Crippen molar-refractivity contribution >= 4 is 23.1 Å². The smallest absolute Gasteiger partial charge is 0.224 e. The highest BCUT2D eigenvalue weighted by atomic mass is 16.1. The Kier molecular flexibility index (Phi) is 6.57. The van der Waals surface area contributed by atoms with Gasteiger partial charge in [0.25, 0.3) is 0 Å². The fourth-order valence-electron chi connectivity index (χ4n) is 2.82. The summed E-state index contributed by atoms with van der Waals surface area (Å²) in [5, 5.41) is 6.35. The molecule has 0 spiro atoms. The van der Waals surface area contributed by atoms with E-state index in [1.807, 2.05) is 19.1 Å². The van der Waals surface area contributed by atoms with E-state index in [0.717, 1.165) is 23.6 Å². The molecule has 0 bridgehead atoms. The predicted molar refractivity (Wildman–Crippen MR) is 106 cm³/mol. The van der Waals surface area contributed by atoms with Crippen molar-refractivity contribution < 1.29 is 4.79 Å². The van der Waals surface area contributed by atoms with Gasteiger partial charge in [0.2, 0.25) is 5.91 Å². The van der Waals surface area contributed by atoms with Gasteiger partial charge in [-0.2, -0.15) is 0 Å². The molecule has 0 fully saturated rings. The molecule has 4 heteroatoms. The summed E-state index contributed by atoms with van der Waals surface area (Å²) in [5.41, 5.74) is 4.44. The molecule has 0 radical (unpaired) electrons. The number of hydrogen-bond acceptors (Lipinski definition) is 3. The summed E-state index contributed by atoms with van der Waals surface area (Å²) in [6.45, 7) is 10.8. The number of carbonyl (C=O) groups excluding carboxylic acids is 1. The molecule has 4 nitrogen and oxygen atoms in total. The fourth-order valence-corrected chi connectivity index (χ4v) is 2.82. The minimum Gasteiger partial charge on any atom is -0.340 e. The molecule has 2 N–H and O–H groups in total. The molecule has 1 aromatic carbocycles. The van der Waals surface area contributed by atoms with Crippen LogP contribution in [0.15, 0.2) is 36.5 Å². The second kappa shape index (κ2) is 8.65. The van der Waals surface area contributed by atoms with Crippen molar-refractivity contribution in [2.45, 2.75) is 59.3 Å². The maximum Gasteiger partial charge on any atom is 0.224 e. The van der Waals surface area contributed by atoms with Crippen LogP contribution in [0.5, 0.6) is 0 Å². The Hall–Kier alpha value is -2.36. The van der Waals surface area contributed by atoms with E-state index >= 15 is 0 Å². The normalized spacial score (nSPS) is 11.0. The molecule has 0 aliphatic carbocycles. The van der Waals surface area contributed by atoms with Crippen molar-refractivity contribution in [3.63, 3.8) is 0 Å². The van der Waals surface area contributed by atoms with E-state index in [0.29, 0.717) is 18.3 Å². The zero-order valence-corrected chi connectivity index (χ0v) is 15.9. The Morgan fingerprint density at radius 2 is 1.68 bits per heavy atom. The number of pyridine rings is 1. The van der Waals surface area contributed by atoms with Gasteiger partial charge in [0.1, 0.15) is 5.82 Å². The summed E-state index contributed by atoms with van der Waals surface area (Å²) in [6.07, 6.45) is 3.06. The quantitative estimate of drug-likeness (QED) is 0.669. The molecule has 0 saturated heterocycles. The Morgan fingerprint density at radius 1 is 1.04 bits per heavy atom. The molecular formula is C21H29N3O. The molecule has 134 valence electrons. The molecule has 25 heavy (non-hydrogen) atoms. The van der Waals surface area contributed by atoms with Crippen LogP contribution in [0.4, 0.5) is 17.2 Å². The number of benzene rings is 1. The van der Waals surface area contributed by atoms with E-state index in [1.54, 1.807) is 6.20 Å². The van der Waals surface area contributed by atoms with Crippen LogP contribution in [0.25, 0.3) is 0 Å². The summed E-state index contributed by atoms with van der Waals surface area (Å²) in [5.74, 6) is 1.66. The maximum absolute atomic E-state index is 11.7. The minimum absolute atomic E-state index is 0.0252. The van der Waals surface area contributed by atoms with E-state index in [9.17, 15) is 4.79 Å². The Balaban J connectivity index is 2.23. The zero-order chi connectivity index (χ0) is 18.4. The van der Waals surface area contributed by atoms with E-state index in [4.69, 9.17) is 0 Å². The van der Waals surface area contributed by atoms with Gasteiger partial charge in [0.15, 0.2) is 0 Å². The summed E-state index contributed by atoms with van der Waals surface area (Å²) < 4.78 is 0. The number of nitrogens with one attached hydrogen (secondary N) is 2. The molecule has 0 aliphatic heterocycles. The van der Waals surface area contributed by atoms with Crippen LogP contribution in [0.3, 0.4) is 0 Å². The van der Waals surface area contributed by atoms with Gasteiger partial charge in [-0.3, -0.25) is 4.79 Å². The average Bonchev–Trinajstić information content (AvgIpc) is 2.56. The van der Waals surface area contributed by atoms with Crippen LogP contribution in [0.1, 0.15) is 70.4 Å². The number of rotatable bonds is 7. The Bertz CT molecular complexity index is 679. The van der Waals surface area contributed by atoms with Crippen molar-refractivity contribution in [2.24, 2.45) is 0 Å². The number of carbonyl (C=O) groups is 1. The summed E-state index contributed by atoms with van der Waals surface area (Å²) >= 11 is 0. The van der Waals surface area contributed by atoms with Gasteiger partial charge in [-0.25, -0.2) is 4.98 Å². The highest BCUT2D eigenvalue weighted by molar-refractivity contribution is 5.90. The number of hydrogen-bond donors (Lipinski definition) is 2. The largest absolute Gasteiger partial charge is 0.340 e. The van der Waals surface area contributed by atoms with E-state index in [2.05, 4.69) is 61.5 Å². The molecule has 0 unspecified atom stereocenters. The van der Waals surface area contributed by atoms with Crippen molar-refractivity contribution in [3.8, 4) is 0 Å². The van der Waals surface area contributed by atoms with Crippen LogP contribution in [0.2, 0.25) is 0 Å². The average molecular weight is 339 g/mol. The molecule has 0 saturated carbocycles. The van der Waals surface area contributed by atoms with Crippen molar-refractivity contribution in [1.29, 1.82) is 0 Å². The molecule has 1 heterocycles. The third kappa shape index (κ3) is 5.05. The molecule has 2 rings (SSSR count). The predicted octanol–water partition coefficient (Wildman–Crippen LogP) is 5.81. The molecule has 0 aliphatic rings. The topological polar surface area (TPSA) is 54.0 Å². The summed E-state index contributed by atoms with van der Waals surface area (Å²) in [4.78, 5) is 16.1. The minimum atomic E-state index is 0.0252. The molecule has 0 atom stereocenters. The highest BCUT2D eigenvalue weighted by Crippen LogP contribution is 2.34. The molecule has 1 aromatic heterocycles. The van der Waals surface area contributed by atoms with E-state index in [-0.39, 0.29) is 5.91 Å². The van der Waals surface area contributed by atoms with Gasteiger partial charge in [0.05, 0.1) is 11.9 Å². The van der Waals surface area contributed by atoms with Crippen LogP contribution in [-0.2, 0) is 4.79 Å². The lowest BCUT2D eigenvalue weighted by Gasteiger charge is -2.20. The first kappa shape index (κ1) is 19.0. The Morgan fingerprint density at radius 3 is 2.16 bits per heavy atom. The monoisotopic (exact) mass is 339 g/mol. The van der Waals surface area contributed by atoms with Gasteiger partial charge in [-0.1, -0.05) is 52.8 Å². The second-order valence-electron chi connectivity index (χ2n) is 6.98. The third-order valence-electron chi connectivity index (χ3n) is 4.15. The first-order valence-corrected chi connectivity index (χ1v) is 9.08. The zero-order valence-electron chi connectivity index (χ0n) is 15.9. The number of aromatic nitrogens is 1. The second-order valence-corrected chi connectivity index (χ2v) is 6.98. The van der Waals surface area contributed by atoms with Crippen molar-refractivity contribution in [2.75, 3.05) is 10.6 Å². The van der Waals surface area contributed by atoms with E-state index in [1.165, 1.54) is 11.1 Å². The number of amides is 1. The van der Waals surface area contributed by atoms with Crippen LogP contribution in [-0.4, -0.2) is 10.9 Å². The lowest BCUT2D eigenvalue weighted by molar-refractivity contribution is -0.116. The molecular weight excluding hydrogens is 310 g/mol. The first-order valence-electron chi connectivity index (χ1n) is 9.08. The summed E-state index contributed by atoms with van der Waals surface area (Å²) in [6, 6.07) is 10.2. The van der Waals surface area contributed by atoms with Gasteiger partial charge in [-0.05, 0) is 41.5 Å². The lowest BCUT2D eigenvalue weighted by Crippen LogP contribution is -2.11. The van der Waals surface area contributed by atoms with Gasteiger partial charge in [0, 0.05) is 12.1 Å². The van der Waals surface area contributed by atoms with Crippen LogP contribution in [0, 0.1) is 0 Å². The maximum atomic E-state index is 11.7. The molecule has 1 amide bonds. The summed E-state index contributed by atoms with van der Waals surface area (Å²) in [7, 11) is 0. The molecule has 2 aromatic rings. The fraction of sp³-hybridized carbons (Fsp3) is 0.429. The number of para-hydroxylation sites is 1. The third-order valence-corrected chi connectivity index (χ3v) is 4.15. The Labute approximate surface area is 151 Å². The van der Waals surface area contributed by atoms with Crippen molar-refractivity contribution in [1.82, 2.24) is 4.98 Å². The van der Waals surface area contributed by atoms with E-state index < -0.39 is 0 Å².